The summed E-state index contributed by atoms with van der Waals surface area (Å²) in [5, 5.41) is 6.39. The molecule has 2 N–H and O–H groups in total. The number of hydrogen-bond donors (Lipinski definition) is 2. The Balaban J connectivity index is 2.06. The van der Waals surface area contributed by atoms with Crippen LogP contribution in [0.1, 0.15) is 30.5 Å². The number of halogens is 3. The van der Waals surface area contributed by atoms with Crippen molar-refractivity contribution in [2.75, 3.05) is 19.5 Å². The van der Waals surface area contributed by atoms with Gasteiger partial charge in [0.1, 0.15) is 0 Å². The molecule has 0 saturated heterocycles. The molecule has 0 amide bonds. The number of hydrogen-bond acceptors (Lipinski definition) is 3. The SMILES string of the molecule is CCC(NC(=S)Nc1ccc(C(F)(F)F)cc1)c1ccc(OC)c(OC)c1. The van der Waals surface area contributed by atoms with Gasteiger partial charge in [-0.15, -0.1) is 0 Å². The minimum absolute atomic E-state index is 0.0979. The van der Waals surface area contributed by atoms with Gasteiger partial charge in [-0.05, 0) is 60.6 Å². The van der Waals surface area contributed by atoms with Crippen LogP contribution in [0.2, 0.25) is 0 Å². The first-order valence-corrected chi connectivity index (χ1v) is 8.66. The van der Waals surface area contributed by atoms with Crippen molar-refractivity contribution in [1.29, 1.82) is 0 Å². The van der Waals surface area contributed by atoms with Crippen LogP contribution in [0.15, 0.2) is 42.5 Å². The molecule has 0 bridgehead atoms. The fraction of sp³-hybridized carbons (Fsp3) is 0.316. The zero-order chi connectivity index (χ0) is 20.0. The lowest BCUT2D eigenvalue weighted by molar-refractivity contribution is -0.137. The van der Waals surface area contributed by atoms with Gasteiger partial charge in [0.15, 0.2) is 16.6 Å². The van der Waals surface area contributed by atoms with Crippen LogP contribution in [0.25, 0.3) is 0 Å². The summed E-state index contributed by atoms with van der Waals surface area (Å²) in [7, 11) is 3.13. The predicted molar refractivity (Wildman–Crippen MR) is 103 cm³/mol. The Kier molecular flexibility index (Phi) is 6.90. The van der Waals surface area contributed by atoms with Crippen molar-refractivity contribution in [3.8, 4) is 11.5 Å². The standard InChI is InChI=1S/C19H21F3N2O2S/c1-4-15(12-5-10-16(25-2)17(11-12)26-3)24-18(27)23-14-8-6-13(7-9-14)19(20,21)22/h5-11,15H,4H2,1-3H3,(H2,23,24,27). The first-order chi connectivity index (χ1) is 12.8. The molecule has 1 unspecified atom stereocenters. The molecule has 0 saturated carbocycles. The second-order valence-electron chi connectivity index (χ2n) is 5.75. The van der Waals surface area contributed by atoms with Crippen molar-refractivity contribution < 1.29 is 22.6 Å². The molecular formula is C19H21F3N2O2S. The predicted octanol–water partition coefficient (Wildman–Crippen LogP) is 5.16. The topological polar surface area (TPSA) is 42.5 Å². The van der Waals surface area contributed by atoms with Gasteiger partial charge in [-0.2, -0.15) is 13.2 Å². The summed E-state index contributed by atoms with van der Waals surface area (Å²) >= 11 is 5.29. The van der Waals surface area contributed by atoms with E-state index in [4.69, 9.17) is 21.7 Å². The van der Waals surface area contributed by atoms with Crippen molar-refractivity contribution in [1.82, 2.24) is 5.32 Å². The summed E-state index contributed by atoms with van der Waals surface area (Å²) in [6.07, 6.45) is -3.62. The average Bonchev–Trinajstić information content (AvgIpc) is 2.65. The quantitative estimate of drug-likeness (QED) is 0.658. The molecule has 146 valence electrons. The zero-order valence-electron chi connectivity index (χ0n) is 15.2. The summed E-state index contributed by atoms with van der Waals surface area (Å²) in [5.41, 5.74) is 0.720. The van der Waals surface area contributed by atoms with Crippen LogP contribution < -0.4 is 20.1 Å². The van der Waals surface area contributed by atoms with Gasteiger partial charge in [0.05, 0.1) is 25.8 Å². The van der Waals surface area contributed by atoms with Crippen molar-refractivity contribution in [3.63, 3.8) is 0 Å². The van der Waals surface area contributed by atoms with Gasteiger partial charge in [-0.3, -0.25) is 0 Å². The molecule has 0 aliphatic rings. The highest BCUT2D eigenvalue weighted by atomic mass is 32.1. The zero-order valence-corrected chi connectivity index (χ0v) is 16.0. The van der Waals surface area contributed by atoms with Gasteiger partial charge in [-0.25, -0.2) is 0 Å². The summed E-state index contributed by atoms with van der Waals surface area (Å²) in [6, 6.07) is 10.2. The van der Waals surface area contributed by atoms with Crippen LogP contribution in [0, 0.1) is 0 Å². The Morgan fingerprint density at radius 1 is 1.04 bits per heavy atom. The Morgan fingerprint density at radius 2 is 1.67 bits per heavy atom. The van der Waals surface area contributed by atoms with E-state index in [0.29, 0.717) is 22.3 Å². The third-order valence-corrected chi connectivity index (χ3v) is 4.21. The fourth-order valence-corrected chi connectivity index (χ4v) is 2.82. The van der Waals surface area contributed by atoms with Crippen molar-refractivity contribution in [2.45, 2.75) is 25.6 Å². The van der Waals surface area contributed by atoms with Crippen LogP contribution in [0.4, 0.5) is 18.9 Å². The molecule has 0 aliphatic carbocycles. The van der Waals surface area contributed by atoms with E-state index in [1.54, 1.807) is 14.2 Å². The number of alkyl halides is 3. The third kappa shape index (κ3) is 5.50. The molecule has 0 aromatic heterocycles. The van der Waals surface area contributed by atoms with E-state index in [1.165, 1.54) is 12.1 Å². The van der Waals surface area contributed by atoms with Gasteiger partial charge in [0.25, 0.3) is 0 Å². The number of rotatable bonds is 6. The maximum absolute atomic E-state index is 12.6. The van der Waals surface area contributed by atoms with Crippen LogP contribution in [-0.2, 0) is 6.18 Å². The molecule has 0 aliphatic heterocycles. The molecule has 2 rings (SSSR count). The van der Waals surface area contributed by atoms with E-state index < -0.39 is 11.7 Å². The molecule has 0 heterocycles. The summed E-state index contributed by atoms with van der Waals surface area (Å²) in [6.45, 7) is 2.00. The normalized spacial score (nSPS) is 12.2. The Hall–Kier alpha value is -2.48. The average molecular weight is 398 g/mol. The Bertz CT molecular complexity index is 780. The second kappa shape index (κ2) is 8.94. The highest BCUT2D eigenvalue weighted by molar-refractivity contribution is 7.80. The molecule has 1 atom stereocenters. The number of benzene rings is 2. The Morgan fingerprint density at radius 3 is 2.19 bits per heavy atom. The second-order valence-corrected chi connectivity index (χ2v) is 6.16. The van der Waals surface area contributed by atoms with Gasteiger partial charge in [0.2, 0.25) is 0 Å². The molecule has 8 heteroatoms. The Labute approximate surface area is 161 Å². The third-order valence-electron chi connectivity index (χ3n) is 3.99. The fourth-order valence-electron chi connectivity index (χ4n) is 2.56. The molecule has 2 aromatic rings. The maximum Gasteiger partial charge on any atom is 0.416 e. The van der Waals surface area contributed by atoms with Crippen molar-refractivity contribution in [3.05, 3.63) is 53.6 Å². The van der Waals surface area contributed by atoms with Gasteiger partial charge < -0.3 is 20.1 Å². The van der Waals surface area contributed by atoms with Gasteiger partial charge >= 0.3 is 6.18 Å². The van der Waals surface area contributed by atoms with E-state index in [-0.39, 0.29) is 6.04 Å². The molecular weight excluding hydrogens is 377 g/mol. The highest BCUT2D eigenvalue weighted by Crippen LogP contribution is 2.31. The molecule has 0 radical (unpaired) electrons. The number of nitrogens with one attached hydrogen (secondary N) is 2. The van der Waals surface area contributed by atoms with Crippen LogP contribution in [0.5, 0.6) is 11.5 Å². The highest BCUT2D eigenvalue weighted by Gasteiger charge is 2.29. The maximum atomic E-state index is 12.6. The molecule has 0 fully saturated rings. The minimum Gasteiger partial charge on any atom is -0.493 e. The molecule has 2 aromatic carbocycles. The minimum atomic E-state index is -4.36. The lowest BCUT2D eigenvalue weighted by atomic mass is 10.0. The first-order valence-electron chi connectivity index (χ1n) is 8.25. The number of thiocarbonyl (C=S) groups is 1. The number of methoxy groups -OCH3 is 2. The van der Waals surface area contributed by atoms with Crippen molar-refractivity contribution >= 4 is 23.0 Å². The van der Waals surface area contributed by atoms with E-state index in [2.05, 4.69) is 10.6 Å². The van der Waals surface area contributed by atoms with Crippen LogP contribution in [0.3, 0.4) is 0 Å². The largest absolute Gasteiger partial charge is 0.493 e. The lowest BCUT2D eigenvalue weighted by Crippen LogP contribution is -2.32. The summed E-state index contributed by atoms with van der Waals surface area (Å²) in [5.74, 6) is 1.23. The van der Waals surface area contributed by atoms with Crippen LogP contribution >= 0.6 is 12.2 Å². The number of anilines is 1. The van der Waals surface area contributed by atoms with Gasteiger partial charge in [0, 0.05) is 5.69 Å². The monoisotopic (exact) mass is 398 g/mol. The number of ether oxygens (including phenoxy) is 2. The van der Waals surface area contributed by atoms with E-state index in [0.717, 1.165) is 24.1 Å². The van der Waals surface area contributed by atoms with E-state index >= 15 is 0 Å². The molecule has 27 heavy (non-hydrogen) atoms. The van der Waals surface area contributed by atoms with Crippen molar-refractivity contribution in [2.24, 2.45) is 0 Å². The lowest BCUT2D eigenvalue weighted by Gasteiger charge is -2.21. The molecule has 4 nitrogen and oxygen atoms in total. The van der Waals surface area contributed by atoms with E-state index in [1.807, 2.05) is 25.1 Å². The first kappa shape index (κ1) is 20.8. The smallest absolute Gasteiger partial charge is 0.416 e. The summed E-state index contributed by atoms with van der Waals surface area (Å²) < 4.78 is 48.4. The van der Waals surface area contributed by atoms with E-state index in [9.17, 15) is 13.2 Å². The van der Waals surface area contributed by atoms with Gasteiger partial charge in [-0.1, -0.05) is 13.0 Å². The summed E-state index contributed by atoms with van der Waals surface area (Å²) in [4.78, 5) is 0. The van der Waals surface area contributed by atoms with Crippen LogP contribution in [-0.4, -0.2) is 19.3 Å². The molecule has 0 spiro atoms.